The maximum atomic E-state index is 3.57. The van der Waals surface area contributed by atoms with Gasteiger partial charge in [0.15, 0.2) is 0 Å². The largest absolute Gasteiger partial charge is 0.311 e. The van der Waals surface area contributed by atoms with Gasteiger partial charge < -0.3 is 5.32 Å². The number of piperazine rings is 1. The van der Waals surface area contributed by atoms with Crippen LogP contribution in [-0.4, -0.2) is 30.1 Å². The molecule has 0 spiro atoms. The zero-order valence-corrected chi connectivity index (χ0v) is 12.8. The monoisotopic (exact) mass is 260 g/mol. The zero-order valence-electron chi connectivity index (χ0n) is 12.8. The lowest BCUT2D eigenvalue weighted by atomic mass is 9.97. The summed E-state index contributed by atoms with van der Waals surface area (Å²) in [5.41, 5.74) is 2.90. The smallest absolute Gasteiger partial charge is 0.0349 e. The van der Waals surface area contributed by atoms with E-state index in [9.17, 15) is 0 Å². The van der Waals surface area contributed by atoms with Crippen LogP contribution in [0.15, 0.2) is 24.3 Å². The Kier molecular flexibility index (Phi) is 5.00. The Morgan fingerprint density at radius 3 is 2.47 bits per heavy atom. The quantitative estimate of drug-likeness (QED) is 0.893. The van der Waals surface area contributed by atoms with Crippen molar-refractivity contribution in [3.8, 4) is 0 Å². The molecule has 0 aliphatic carbocycles. The molecule has 106 valence electrons. The molecule has 3 unspecified atom stereocenters. The van der Waals surface area contributed by atoms with E-state index in [2.05, 4.69) is 62.2 Å². The molecule has 0 aromatic heterocycles. The Labute approximate surface area is 118 Å². The Balaban J connectivity index is 2.17. The van der Waals surface area contributed by atoms with E-state index < -0.39 is 0 Å². The lowest BCUT2D eigenvalue weighted by Gasteiger charge is -2.42. The van der Waals surface area contributed by atoms with Crippen molar-refractivity contribution < 1.29 is 0 Å². The molecule has 1 aromatic carbocycles. The van der Waals surface area contributed by atoms with Gasteiger partial charge in [0.1, 0.15) is 0 Å². The third-order valence-electron chi connectivity index (χ3n) is 4.37. The maximum absolute atomic E-state index is 3.57. The van der Waals surface area contributed by atoms with Gasteiger partial charge >= 0.3 is 0 Å². The summed E-state index contributed by atoms with van der Waals surface area (Å²) in [5.74, 6) is 0. The van der Waals surface area contributed by atoms with Crippen LogP contribution in [0.5, 0.6) is 0 Å². The van der Waals surface area contributed by atoms with E-state index in [1.165, 1.54) is 17.5 Å². The molecular weight excluding hydrogens is 232 g/mol. The Morgan fingerprint density at radius 1 is 1.21 bits per heavy atom. The van der Waals surface area contributed by atoms with E-state index >= 15 is 0 Å². The molecule has 0 amide bonds. The van der Waals surface area contributed by atoms with E-state index in [0.717, 1.165) is 19.5 Å². The Hall–Kier alpha value is -0.860. The van der Waals surface area contributed by atoms with Crippen LogP contribution in [0.25, 0.3) is 0 Å². The van der Waals surface area contributed by atoms with Crippen LogP contribution in [0.2, 0.25) is 0 Å². The van der Waals surface area contributed by atoms with Crippen LogP contribution in [0.3, 0.4) is 0 Å². The maximum Gasteiger partial charge on any atom is 0.0349 e. The second-order valence-electron chi connectivity index (χ2n) is 5.87. The highest BCUT2D eigenvalue weighted by atomic mass is 15.2. The van der Waals surface area contributed by atoms with Gasteiger partial charge in [-0.25, -0.2) is 0 Å². The third kappa shape index (κ3) is 3.37. The first kappa shape index (κ1) is 14.5. The Morgan fingerprint density at radius 2 is 1.89 bits per heavy atom. The number of nitrogens with one attached hydrogen (secondary N) is 1. The summed E-state index contributed by atoms with van der Waals surface area (Å²) < 4.78 is 0. The van der Waals surface area contributed by atoms with Gasteiger partial charge in [-0.2, -0.15) is 0 Å². The number of nitrogens with zero attached hydrogens (tertiary/aromatic N) is 1. The summed E-state index contributed by atoms with van der Waals surface area (Å²) in [6.45, 7) is 11.4. The first-order chi connectivity index (χ1) is 9.15. The van der Waals surface area contributed by atoms with E-state index in [1.807, 2.05) is 0 Å². The second-order valence-corrected chi connectivity index (χ2v) is 5.87. The number of aryl methyl sites for hydroxylation is 1. The molecule has 1 aromatic rings. The van der Waals surface area contributed by atoms with E-state index in [-0.39, 0.29) is 0 Å². The molecule has 2 heteroatoms. The van der Waals surface area contributed by atoms with Crippen molar-refractivity contribution in [2.24, 2.45) is 0 Å². The minimum absolute atomic E-state index is 0.561. The molecule has 1 heterocycles. The van der Waals surface area contributed by atoms with Crippen molar-refractivity contribution >= 4 is 0 Å². The molecule has 2 rings (SSSR count). The summed E-state index contributed by atoms with van der Waals surface area (Å²) in [6.07, 6.45) is 2.31. The first-order valence-corrected chi connectivity index (χ1v) is 7.73. The predicted octanol–water partition coefficient (Wildman–Crippen LogP) is 3.38. The summed E-state index contributed by atoms with van der Waals surface area (Å²) in [4.78, 5) is 2.67. The lowest BCUT2D eigenvalue weighted by molar-refractivity contribution is 0.0921. The van der Waals surface area contributed by atoms with Crippen LogP contribution in [0, 0.1) is 0 Å². The summed E-state index contributed by atoms with van der Waals surface area (Å²) in [6, 6.07) is 11.0. The highest BCUT2D eigenvalue weighted by Gasteiger charge is 2.28. The number of rotatable bonds is 4. The molecule has 0 bridgehead atoms. The fourth-order valence-corrected chi connectivity index (χ4v) is 3.12. The molecule has 2 nitrogen and oxygen atoms in total. The zero-order chi connectivity index (χ0) is 13.8. The minimum atomic E-state index is 0.561. The SMILES string of the molecule is CCc1ccc(C(CC)N2CC(C)NCC2C)cc1. The molecule has 0 saturated carbocycles. The van der Waals surface area contributed by atoms with Crippen molar-refractivity contribution in [2.45, 2.75) is 58.7 Å². The fraction of sp³-hybridized carbons (Fsp3) is 0.647. The van der Waals surface area contributed by atoms with Gasteiger partial charge in [0.25, 0.3) is 0 Å². The van der Waals surface area contributed by atoms with Gasteiger partial charge in [0, 0.05) is 31.2 Å². The minimum Gasteiger partial charge on any atom is -0.311 e. The lowest BCUT2D eigenvalue weighted by Crippen LogP contribution is -2.55. The van der Waals surface area contributed by atoms with Crippen molar-refractivity contribution in [1.29, 1.82) is 0 Å². The van der Waals surface area contributed by atoms with Gasteiger partial charge in [-0.15, -0.1) is 0 Å². The van der Waals surface area contributed by atoms with Gasteiger partial charge in [0.05, 0.1) is 0 Å². The number of hydrogen-bond acceptors (Lipinski definition) is 2. The van der Waals surface area contributed by atoms with Gasteiger partial charge in [-0.3, -0.25) is 4.90 Å². The normalized spacial score (nSPS) is 26.3. The molecule has 1 saturated heterocycles. The van der Waals surface area contributed by atoms with Crippen molar-refractivity contribution in [1.82, 2.24) is 10.2 Å². The number of hydrogen-bond donors (Lipinski definition) is 1. The molecule has 1 aliphatic heterocycles. The molecular formula is C17H28N2. The van der Waals surface area contributed by atoms with E-state index in [1.54, 1.807) is 0 Å². The van der Waals surface area contributed by atoms with Crippen molar-refractivity contribution in [2.75, 3.05) is 13.1 Å². The highest BCUT2D eigenvalue weighted by molar-refractivity contribution is 5.25. The van der Waals surface area contributed by atoms with Gasteiger partial charge in [0.2, 0.25) is 0 Å². The van der Waals surface area contributed by atoms with Crippen molar-refractivity contribution in [3.05, 3.63) is 35.4 Å². The molecule has 1 aliphatic rings. The van der Waals surface area contributed by atoms with Crippen LogP contribution in [0.1, 0.15) is 51.3 Å². The van der Waals surface area contributed by atoms with Crippen molar-refractivity contribution in [3.63, 3.8) is 0 Å². The summed E-state index contributed by atoms with van der Waals surface area (Å²) >= 11 is 0. The molecule has 0 radical (unpaired) electrons. The average molecular weight is 260 g/mol. The molecule has 3 atom stereocenters. The predicted molar refractivity (Wildman–Crippen MR) is 82.5 cm³/mol. The Bertz CT molecular complexity index is 385. The topological polar surface area (TPSA) is 15.3 Å². The highest BCUT2D eigenvalue weighted by Crippen LogP contribution is 2.28. The molecule has 19 heavy (non-hydrogen) atoms. The van der Waals surface area contributed by atoms with Gasteiger partial charge in [-0.1, -0.05) is 38.1 Å². The van der Waals surface area contributed by atoms with Crippen LogP contribution in [0.4, 0.5) is 0 Å². The third-order valence-corrected chi connectivity index (χ3v) is 4.37. The number of benzene rings is 1. The van der Waals surface area contributed by atoms with Crippen LogP contribution < -0.4 is 5.32 Å². The molecule has 1 fully saturated rings. The van der Waals surface area contributed by atoms with Crippen LogP contribution in [-0.2, 0) is 6.42 Å². The first-order valence-electron chi connectivity index (χ1n) is 7.73. The van der Waals surface area contributed by atoms with Crippen LogP contribution >= 0.6 is 0 Å². The summed E-state index contributed by atoms with van der Waals surface area (Å²) in [5, 5.41) is 3.57. The van der Waals surface area contributed by atoms with E-state index in [4.69, 9.17) is 0 Å². The average Bonchev–Trinajstić information content (AvgIpc) is 2.44. The van der Waals surface area contributed by atoms with Gasteiger partial charge in [-0.05, 0) is 37.8 Å². The standard InChI is InChI=1S/C17H28N2/c1-5-15-7-9-16(10-8-15)17(6-2)19-12-13(3)18-11-14(19)4/h7-10,13-14,17-18H,5-6,11-12H2,1-4H3. The second kappa shape index (κ2) is 6.53. The fourth-order valence-electron chi connectivity index (χ4n) is 3.12. The van der Waals surface area contributed by atoms with E-state index in [0.29, 0.717) is 18.1 Å². The molecule has 1 N–H and O–H groups in total. The summed E-state index contributed by atoms with van der Waals surface area (Å²) in [7, 11) is 0.